The van der Waals surface area contributed by atoms with Crippen LogP contribution in [0, 0.1) is 11.3 Å². The molecule has 0 spiro atoms. The van der Waals surface area contributed by atoms with Crippen molar-refractivity contribution in [1.82, 2.24) is 0 Å². The van der Waals surface area contributed by atoms with E-state index in [0.29, 0.717) is 0 Å². The second-order valence-corrected chi connectivity index (χ2v) is 7.63. The maximum absolute atomic E-state index is 11.7. The van der Waals surface area contributed by atoms with E-state index in [4.69, 9.17) is 46.4 Å². The van der Waals surface area contributed by atoms with E-state index in [-0.39, 0.29) is 6.42 Å². The maximum atomic E-state index is 11.7. The minimum Gasteiger partial charge on any atom is -0.468 e. The number of ether oxygens (including phenoxy) is 2. The lowest BCUT2D eigenvalue weighted by atomic mass is 9.75. The fourth-order valence-electron chi connectivity index (χ4n) is 1.59. The Balaban J connectivity index is 5.28. The Morgan fingerprint density at radius 3 is 1.68 bits per heavy atom. The highest BCUT2D eigenvalue weighted by molar-refractivity contribution is 6.67. The monoisotopic (exact) mass is 352 g/mol. The predicted molar refractivity (Wildman–Crippen MR) is 75.9 cm³/mol. The van der Waals surface area contributed by atoms with Crippen molar-refractivity contribution < 1.29 is 19.1 Å². The first-order chi connectivity index (χ1) is 8.47. The van der Waals surface area contributed by atoms with Crippen LogP contribution in [0.25, 0.3) is 0 Å². The molecular formula is C11H16Cl4O4. The number of halogens is 4. The molecule has 0 heterocycles. The smallest absolute Gasteiger partial charge is 0.320 e. The van der Waals surface area contributed by atoms with Gasteiger partial charge >= 0.3 is 11.9 Å². The molecule has 0 bridgehead atoms. The van der Waals surface area contributed by atoms with Crippen LogP contribution in [0.4, 0.5) is 0 Å². The van der Waals surface area contributed by atoms with Gasteiger partial charge in [0.1, 0.15) is 0 Å². The molecule has 0 aliphatic carbocycles. The Morgan fingerprint density at radius 1 is 1.05 bits per heavy atom. The standard InChI is InChI=1S/C11H16Cl4O4/c1-10(2,6(12)5-11(13,14)15)7(8(16)18-3)9(17)19-4/h6-7H,5H2,1-4H3. The van der Waals surface area contributed by atoms with Crippen molar-refractivity contribution in [2.45, 2.75) is 29.4 Å². The highest BCUT2D eigenvalue weighted by Crippen LogP contribution is 2.43. The third-order valence-electron chi connectivity index (χ3n) is 2.84. The summed E-state index contributed by atoms with van der Waals surface area (Å²) in [7, 11) is 2.35. The highest BCUT2D eigenvalue weighted by Gasteiger charge is 2.48. The molecule has 0 aliphatic heterocycles. The van der Waals surface area contributed by atoms with Gasteiger partial charge in [-0.1, -0.05) is 48.7 Å². The summed E-state index contributed by atoms with van der Waals surface area (Å²) in [5.74, 6) is -2.68. The van der Waals surface area contributed by atoms with Crippen LogP contribution < -0.4 is 0 Å². The number of esters is 2. The number of alkyl halides is 4. The normalized spacial score (nSPS) is 14.2. The number of carbonyl (C=O) groups excluding carboxylic acids is 2. The van der Waals surface area contributed by atoms with Crippen LogP contribution in [-0.4, -0.2) is 35.3 Å². The van der Waals surface area contributed by atoms with E-state index in [1.807, 2.05) is 0 Å². The van der Waals surface area contributed by atoms with E-state index < -0.39 is 32.4 Å². The molecule has 0 aromatic rings. The number of rotatable bonds is 5. The van der Waals surface area contributed by atoms with Gasteiger partial charge in [0.05, 0.1) is 14.2 Å². The van der Waals surface area contributed by atoms with E-state index in [2.05, 4.69) is 9.47 Å². The molecule has 1 atom stereocenters. The van der Waals surface area contributed by atoms with Crippen LogP contribution in [0.3, 0.4) is 0 Å². The van der Waals surface area contributed by atoms with Crippen molar-refractivity contribution in [3.63, 3.8) is 0 Å². The van der Waals surface area contributed by atoms with Crippen LogP contribution in [0.15, 0.2) is 0 Å². The Bertz CT molecular complexity index is 322. The highest BCUT2D eigenvalue weighted by atomic mass is 35.6. The van der Waals surface area contributed by atoms with Crippen molar-refractivity contribution >= 4 is 58.3 Å². The van der Waals surface area contributed by atoms with Gasteiger partial charge in [0.15, 0.2) is 9.71 Å². The molecule has 4 nitrogen and oxygen atoms in total. The zero-order valence-electron chi connectivity index (χ0n) is 11.0. The SMILES string of the molecule is COC(=O)C(C(=O)OC)C(C)(C)C(Cl)CC(Cl)(Cl)Cl. The molecule has 0 rings (SSSR count). The lowest BCUT2D eigenvalue weighted by Crippen LogP contribution is -2.45. The average Bonchev–Trinajstić information content (AvgIpc) is 2.25. The molecule has 0 aromatic carbocycles. The van der Waals surface area contributed by atoms with Gasteiger partial charge in [-0.2, -0.15) is 0 Å². The first-order valence-corrected chi connectivity index (χ1v) is 6.90. The van der Waals surface area contributed by atoms with Gasteiger partial charge in [-0.05, 0) is 0 Å². The van der Waals surface area contributed by atoms with Gasteiger partial charge < -0.3 is 9.47 Å². The molecule has 1 unspecified atom stereocenters. The quantitative estimate of drug-likeness (QED) is 0.432. The van der Waals surface area contributed by atoms with E-state index in [1.165, 1.54) is 14.2 Å². The van der Waals surface area contributed by atoms with Crippen molar-refractivity contribution in [3.8, 4) is 0 Å². The molecule has 0 fully saturated rings. The molecule has 112 valence electrons. The van der Waals surface area contributed by atoms with Crippen molar-refractivity contribution in [1.29, 1.82) is 0 Å². The fraction of sp³-hybridized carbons (Fsp3) is 0.818. The summed E-state index contributed by atoms with van der Waals surface area (Å²) < 4.78 is 7.63. The van der Waals surface area contributed by atoms with Crippen LogP contribution in [0.1, 0.15) is 20.3 Å². The van der Waals surface area contributed by atoms with Gasteiger partial charge in [0, 0.05) is 17.2 Å². The van der Waals surface area contributed by atoms with Gasteiger partial charge in [-0.25, -0.2) is 0 Å². The molecule has 0 aromatic heterocycles. The van der Waals surface area contributed by atoms with Crippen LogP contribution in [0.2, 0.25) is 0 Å². The second kappa shape index (κ2) is 7.21. The summed E-state index contributed by atoms with van der Waals surface area (Å²) in [4.78, 5) is 23.5. The Hall–Kier alpha value is 0.1000. The topological polar surface area (TPSA) is 52.6 Å². The number of hydrogen-bond acceptors (Lipinski definition) is 4. The molecule has 19 heavy (non-hydrogen) atoms. The lowest BCUT2D eigenvalue weighted by Gasteiger charge is -2.35. The predicted octanol–water partition coefficient (Wildman–Crippen LogP) is 3.34. The third-order valence-corrected chi connectivity index (χ3v) is 4.02. The van der Waals surface area contributed by atoms with E-state index >= 15 is 0 Å². The Kier molecular flexibility index (Phi) is 7.24. The van der Waals surface area contributed by atoms with Gasteiger partial charge in [0.2, 0.25) is 0 Å². The summed E-state index contributed by atoms with van der Waals surface area (Å²) in [6.45, 7) is 3.22. The molecule has 0 aliphatic rings. The van der Waals surface area contributed by atoms with Crippen molar-refractivity contribution in [2.24, 2.45) is 11.3 Å². The third kappa shape index (κ3) is 5.54. The molecule has 8 heteroatoms. The van der Waals surface area contributed by atoms with Crippen molar-refractivity contribution in [3.05, 3.63) is 0 Å². The van der Waals surface area contributed by atoms with Gasteiger partial charge in [0.25, 0.3) is 0 Å². The lowest BCUT2D eigenvalue weighted by molar-refractivity contribution is -0.164. The van der Waals surface area contributed by atoms with E-state index in [1.54, 1.807) is 13.8 Å². The number of carbonyl (C=O) groups is 2. The molecule has 0 N–H and O–H groups in total. The Morgan fingerprint density at radius 2 is 1.42 bits per heavy atom. The molecular weight excluding hydrogens is 338 g/mol. The average molecular weight is 354 g/mol. The summed E-state index contributed by atoms with van der Waals surface area (Å²) in [6, 6.07) is 0. The van der Waals surface area contributed by atoms with Crippen LogP contribution in [-0.2, 0) is 19.1 Å². The summed E-state index contributed by atoms with van der Waals surface area (Å²) >= 11 is 23.2. The van der Waals surface area contributed by atoms with Crippen LogP contribution in [0.5, 0.6) is 0 Å². The maximum Gasteiger partial charge on any atom is 0.320 e. The minimum atomic E-state index is -1.58. The zero-order valence-corrected chi connectivity index (χ0v) is 14.0. The first kappa shape index (κ1) is 19.1. The van der Waals surface area contributed by atoms with Crippen molar-refractivity contribution in [2.75, 3.05) is 14.2 Å². The largest absolute Gasteiger partial charge is 0.468 e. The molecule has 0 amide bonds. The van der Waals surface area contributed by atoms with Crippen LogP contribution >= 0.6 is 46.4 Å². The minimum absolute atomic E-state index is 0.0310. The number of hydrogen-bond donors (Lipinski definition) is 0. The molecule has 0 saturated heterocycles. The van der Waals surface area contributed by atoms with Gasteiger partial charge in [-0.15, -0.1) is 11.6 Å². The first-order valence-electron chi connectivity index (χ1n) is 5.33. The summed E-state index contributed by atoms with van der Waals surface area (Å²) in [6.07, 6.45) is -0.0310. The molecule has 0 saturated carbocycles. The molecule has 0 radical (unpaired) electrons. The second-order valence-electron chi connectivity index (χ2n) is 4.59. The fourth-order valence-corrected chi connectivity index (χ4v) is 2.64. The summed E-state index contributed by atoms with van der Waals surface area (Å²) in [5, 5.41) is -0.747. The van der Waals surface area contributed by atoms with Gasteiger partial charge in [-0.3, -0.25) is 9.59 Å². The van der Waals surface area contributed by atoms with E-state index in [0.717, 1.165) is 0 Å². The summed E-state index contributed by atoms with van der Waals surface area (Å²) in [5.41, 5.74) is -1.01. The number of methoxy groups -OCH3 is 2. The van der Waals surface area contributed by atoms with E-state index in [9.17, 15) is 9.59 Å². The zero-order chi connectivity index (χ0) is 15.4. The Labute approximate surface area is 132 Å².